The van der Waals surface area contributed by atoms with Gasteiger partial charge in [-0.3, -0.25) is 0 Å². The molecule has 1 N–H and O–H groups in total. The van der Waals surface area contributed by atoms with E-state index >= 15 is 0 Å². The topological polar surface area (TPSA) is 54.4 Å². The van der Waals surface area contributed by atoms with Gasteiger partial charge in [0.05, 0.1) is 0 Å². The summed E-state index contributed by atoms with van der Waals surface area (Å²) in [5, 5.41) is 8.65. The fourth-order valence-electron chi connectivity index (χ4n) is 1.44. The van der Waals surface area contributed by atoms with Gasteiger partial charge in [0.1, 0.15) is 10.7 Å². The van der Waals surface area contributed by atoms with E-state index in [1.807, 2.05) is 0 Å². The summed E-state index contributed by atoms with van der Waals surface area (Å²) in [6, 6.07) is 4.16. The van der Waals surface area contributed by atoms with Gasteiger partial charge in [-0.05, 0) is 24.5 Å². The zero-order valence-corrected chi connectivity index (χ0v) is 9.22. The SMILES string of the molecule is CS(=O)(=O)c1c(F)cccc1CCCO. The van der Waals surface area contributed by atoms with E-state index in [2.05, 4.69) is 0 Å². The van der Waals surface area contributed by atoms with Gasteiger partial charge in [-0.1, -0.05) is 12.1 Å². The first-order chi connectivity index (χ1) is 6.96. The first-order valence-electron chi connectivity index (χ1n) is 4.55. The zero-order valence-electron chi connectivity index (χ0n) is 8.40. The predicted octanol–water partition coefficient (Wildman–Crippen LogP) is 1.15. The number of aryl methyl sites for hydroxylation is 1. The minimum atomic E-state index is -3.55. The van der Waals surface area contributed by atoms with Gasteiger partial charge in [0, 0.05) is 12.9 Å². The Bertz CT molecular complexity index is 440. The van der Waals surface area contributed by atoms with Crippen LogP contribution >= 0.6 is 0 Å². The van der Waals surface area contributed by atoms with Crippen molar-refractivity contribution in [2.24, 2.45) is 0 Å². The molecule has 1 aromatic rings. The second kappa shape index (κ2) is 4.72. The molecule has 15 heavy (non-hydrogen) atoms. The highest BCUT2D eigenvalue weighted by atomic mass is 32.2. The average molecular weight is 232 g/mol. The molecule has 0 aliphatic carbocycles. The third kappa shape index (κ3) is 3.00. The van der Waals surface area contributed by atoms with Crippen LogP contribution in [0, 0.1) is 5.82 Å². The summed E-state index contributed by atoms with van der Waals surface area (Å²) in [7, 11) is -3.55. The maximum atomic E-state index is 13.3. The lowest BCUT2D eigenvalue weighted by molar-refractivity contribution is 0.288. The van der Waals surface area contributed by atoms with Gasteiger partial charge in [-0.2, -0.15) is 0 Å². The van der Waals surface area contributed by atoms with Crippen molar-refractivity contribution in [3.63, 3.8) is 0 Å². The largest absolute Gasteiger partial charge is 0.396 e. The van der Waals surface area contributed by atoms with E-state index in [0.29, 0.717) is 18.4 Å². The number of sulfone groups is 1. The predicted molar refractivity (Wildman–Crippen MR) is 54.9 cm³/mol. The highest BCUT2D eigenvalue weighted by molar-refractivity contribution is 7.90. The molecule has 0 bridgehead atoms. The highest BCUT2D eigenvalue weighted by Crippen LogP contribution is 2.20. The van der Waals surface area contributed by atoms with Crippen LogP contribution in [0.25, 0.3) is 0 Å². The first-order valence-corrected chi connectivity index (χ1v) is 6.44. The molecule has 0 heterocycles. The molecule has 0 aliphatic heterocycles. The van der Waals surface area contributed by atoms with Crippen LogP contribution in [0.1, 0.15) is 12.0 Å². The van der Waals surface area contributed by atoms with Gasteiger partial charge in [0.2, 0.25) is 0 Å². The van der Waals surface area contributed by atoms with Crippen molar-refractivity contribution >= 4 is 9.84 Å². The molecule has 5 heteroatoms. The van der Waals surface area contributed by atoms with Crippen molar-refractivity contribution in [2.45, 2.75) is 17.7 Å². The molecule has 84 valence electrons. The monoisotopic (exact) mass is 232 g/mol. The molecule has 0 atom stereocenters. The zero-order chi connectivity index (χ0) is 11.5. The molecular formula is C10H13FO3S. The molecule has 3 nitrogen and oxygen atoms in total. The summed E-state index contributed by atoms with van der Waals surface area (Å²) >= 11 is 0. The van der Waals surface area contributed by atoms with E-state index in [4.69, 9.17) is 5.11 Å². The number of aliphatic hydroxyl groups excluding tert-OH is 1. The van der Waals surface area contributed by atoms with Crippen molar-refractivity contribution in [2.75, 3.05) is 12.9 Å². The number of rotatable bonds is 4. The summed E-state index contributed by atoms with van der Waals surface area (Å²) in [5.74, 6) is -0.729. The minimum Gasteiger partial charge on any atom is -0.396 e. The van der Waals surface area contributed by atoms with Crippen LogP contribution in [-0.2, 0) is 16.3 Å². The Labute approximate surface area is 88.5 Å². The summed E-state index contributed by atoms with van der Waals surface area (Å²) < 4.78 is 36.0. The van der Waals surface area contributed by atoms with Crippen LogP contribution in [0.15, 0.2) is 23.1 Å². The maximum absolute atomic E-state index is 13.3. The standard InChI is InChI=1S/C10H13FO3S/c1-15(13,14)10-8(5-3-7-12)4-2-6-9(10)11/h2,4,6,12H,3,5,7H2,1H3. The number of hydrogen-bond donors (Lipinski definition) is 1. The molecule has 1 rings (SSSR count). The molecular weight excluding hydrogens is 219 g/mol. The normalized spacial score (nSPS) is 11.7. The number of hydrogen-bond acceptors (Lipinski definition) is 3. The van der Waals surface area contributed by atoms with E-state index in [1.165, 1.54) is 6.07 Å². The van der Waals surface area contributed by atoms with Gasteiger partial charge in [-0.25, -0.2) is 12.8 Å². The van der Waals surface area contributed by atoms with Crippen molar-refractivity contribution in [3.8, 4) is 0 Å². The summed E-state index contributed by atoms with van der Waals surface area (Å²) in [4.78, 5) is -0.251. The Morgan fingerprint density at radius 2 is 2.07 bits per heavy atom. The van der Waals surface area contributed by atoms with E-state index in [9.17, 15) is 12.8 Å². The van der Waals surface area contributed by atoms with Crippen molar-refractivity contribution in [1.29, 1.82) is 0 Å². The van der Waals surface area contributed by atoms with Gasteiger partial charge in [-0.15, -0.1) is 0 Å². The van der Waals surface area contributed by atoms with Gasteiger partial charge in [0.15, 0.2) is 9.84 Å². The molecule has 1 aromatic carbocycles. The molecule has 0 aliphatic rings. The lowest BCUT2D eigenvalue weighted by Crippen LogP contribution is -2.06. The highest BCUT2D eigenvalue weighted by Gasteiger charge is 2.17. The molecule has 0 radical (unpaired) electrons. The fourth-order valence-corrected chi connectivity index (χ4v) is 2.50. The maximum Gasteiger partial charge on any atom is 0.178 e. The molecule has 0 aromatic heterocycles. The summed E-state index contributed by atoms with van der Waals surface area (Å²) in [6.45, 7) is -0.0419. The lowest BCUT2D eigenvalue weighted by Gasteiger charge is -2.07. The second-order valence-electron chi connectivity index (χ2n) is 3.33. The van der Waals surface area contributed by atoms with E-state index in [1.54, 1.807) is 6.07 Å². The molecule has 0 saturated heterocycles. The number of halogens is 1. The molecule has 0 fully saturated rings. The Hall–Kier alpha value is -0.940. The van der Waals surface area contributed by atoms with E-state index in [0.717, 1.165) is 12.3 Å². The Morgan fingerprint density at radius 3 is 2.60 bits per heavy atom. The van der Waals surface area contributed by atoms with Gasteiger partial charge < -0.3 is 5.11 Å². The summed E-state index contributed by atoms with van der Waals surface area (Å²) in [6.07, 6.45) is 1.76. The Morgan fingerprint density at radius 1 is 1.40 bits per heavy atom. The van der Waals surface area contributed by atoms with Crippen LogP contribution in [0.2, 0.25) is 0 Å². The number of aliphatic hydroxyl groups is 1. The molecule has 0 saturated carbocycles. The molecule has 0 unspecified atom stereocenters. The quantitative estimate of drug-likeness (QED) is 0.847. The van der Waals surface area contributed by atoms with Crippen molar-refractivity contribution in [3.05, 3.63) is 29.6 Å². The first kappa shape index (κ1) is 12.1. The Kier molecular flexibility index (Phi) is 3.82. The van der Waals surface area contributed by atoms with Crippen LogP contribution < -0.4 is 0 Å². The van der Waals surface area contributed by atoms with E-state index in [-0.39, 0.29) is 11.5 Å². The second-order valence-corrected chi connectivity index (χ2v) is 5.28. The third-order valence-electron chi connectivity index (χ3n) is 2.02. The van der Waals surface area contributed by atoms with Gasteiger partial charge >= 0.3 is 0 Å². The van der Waals surface area contributed by atoms with Crippen LogP contribution in [-0.4, -0.2) is 26.4 Å². The van der Waals surface area contributed by atoms with Crippen LogP contribution in [0.5, 0.6) is 0 Å². The minimum absolute atomic E-state index is 0.0419. The molecule has 0 amide bonds. The summed E-state index contributed by atoms with van der Waals surface area (Å²) in [5.41, 5.74) is 0.423. The average Bonchev–Trinajstić information content (AvgIpc) is 2.12. The van der Waals surface area contributed by atoms with Crippen molar-refractivity contribution in [1.82, 2.24) is 0 Å². The molecule has 0 spiro atoms. The van der Waals surface area contributed by atoms with Crippen molar-refractivity contribution < 1.29 is 17.9 Å². The van der Waals surface area contributed by atoms with Crippen LogP contribution in [0.3, 0.4) is 0 Å². The third-order valence-corrected chi connectivity index (χ3v) is 3.22. The Balaban J connectivity index is 3.21. The fraction of sp³-hybridized carbons (Fsp3) is 0.400. The number of benzene rings is 1. The van der Waals surface area contributed by atoms with E-state index < -0.39 is 15.7 Å². The smallest absolute Gasteiger partial charge is 0.178 e. The lowest BCUT2D eigenvalue weighted by atomic mass is 10.1. The van der Waals surface area contributed by atoms with Gasteiger partial charge in [0.25, 0.3) is 0 Å². The van der Waals surface area contributed by atoms with Crippen LogP contribution in [0.4, 0.5) is 4.39 Å².